The highest BCUT2D eigenvalue weighted by Gasteiger charge is 2.37. The van der Waals surface area contributed by atoms with Crippen molar-refractivity contribution in [2.75, 3.05) is 14.2 Å². The molecule has 0 N–H and O–H groups in total. The van der Waals surface area contributed by atoms with Crippen molar-refractivity contribution in [2.45, 2.75) is 57.5 Å². The first-order chi connectivity index (χ1) is 7.00. The average molecular weight is 213 g/mol. The number of likely N-dealkylation sites (N-methyl/N-ethyl adjacent to an activating group) is 1. The highest BCUT2D eigenvalue weighted by Crippen LogP contribution is 2.27. The van der Waals surface area contributed by atoms with Crippen LogP contribution in [-0.4, -0.2) is 36.6 Å². The van der Waals surface area contributed by atoms with Crippen LogP contribution in [0.1, 0.15) is 46.0 Å². The van der Waals surface area contributed by atoms with Gasteiger partial charge in [-0.3, -0.25) is 9.69 Å². The average Bonchev–Trinajstić information content (AvgIpc) is 2.28. The number of carbonyl (C=O) groups excluding carboxylic acids is 1. The third-order valence-electron chi connectivity index (χ3n) is 3.69. The third-order valence-corrected chi connectivity index (χ3v) is 3.69. The van der Waals surface area contributed by atoms with Crippen molar-refractivity contribution < 1.29 is 9.53 Å². The molecule has 0 spiro atoms. The first-order valence-corrected chi connectivity index (χ1v) is 5.81. The number of methoxy groups -OCH3 is 1. The lowest BCUT2D eigenvalue weighted by Gasteiger charge is -2.40. The minimum absolute atomic E-state index is 0.143. The van der Waals surface area contributed by atoms with E-state index in [1.54, 1.807) is 0 Å². The third kappa shape index (κ3) is 2.71. The molecular weight excluding hydrogens is 190 g/mol. The maximum absolute atomic E-state index is 11.7. The molecule has 0 aromatic carbocycles. The summed E-state index contributed by atoms with van der Waals surface area (Å²) in [5.74, 6) is -0.143. The molecule has 0 unspecified atom stereocenters. The molecule has 0 aromatic rings. The SMILES string of the molecule is COC(=O)C(C)(C)N(C)C1CCCCC1. The Morgan fingerprint density at radius 3 is 2.27 bits per heavy atom. The molecule has 0 heterocycles. The summed E-state index contributed by atoms with van der Waals surface area (Å²) in [4.78, 5) is 13.8. The van der Waals surface area contributed by atoms with E-state index in [9.17, 15) is 4.79 Å². The van der Waals surface area contributed by atoms with E-state index in [4.69, 9.17) is 4.74 Å². The minimum Gasteiger partial charge on any atom is -0.468 e. The van der Waals surface area contributed by atoms with Crippen LogP contribution in [0.25, 0.3) is 0 Å². The molecule has 0 atom stereocenters. The topological polar surface area (TPSA) is 29.5 Å². The van der Waals surface area contributed by atoms with Crippen LogP contribution in [0.4, 0.5) is 0 Å². The Morgan fingerprint density at radius 1 is 1.27 bits per heavy atom. The van der Waals surface area contributed by atoms with Crippen molar-refractivity contribution in [3.63, 3.8) is 0 Å². The van der Waals surface area contributed by atoms with Gasteiger partial charge in [0.15, 0.2) is 0 Å². The van der Waals surface area contributed by atoms with Gasteiger partial charge < -0.3 is 4.74 Å². The molecule has 0 aliphatic heterocycles. The molecule has 0 radical (unpaired) electrons. The number of esters is 1. The van der Waals surface area contributed by atoms with Crippen LogP contribution in [0.15, 0.2) is 0 Å². The molecule has 0 saturated heterocycles. The Labute approximate surface area is 92.8 Å². The van der Waals surface area contributed by atoms with Crippen LogP contribution < -0.4 is 0 Å². The van der Waals surface area contributed by atoms with Crippen LogP contribution in [-0.2, 0) is 9.53 Å². The van der Waals surface area contributed by atoms with Gasteiger partial charge >= 0.3 is 5.97 Å². The van der Waals surface area contributed by atoms with Crippen molar-refractivity contribution in [3.8, 4) is 0 Å². The van der Waals surface area contributed by atoms with Gasteiger partial charge in [0.25, 0.3) is 0 Å². The molecule has 1 rings (SSSR count). The van der Waals surface area contributed by atoms with Crippen molar-refractivity contribution in [1.29, 1.82) is 0 Å². The van der Waals surface area contributed by atoms with E-state index in [1.807, 2.05) is 20.9 Å². The Hall–Kier alpha value is -0.570. The molecule has 88 valence electrons. The minimum atomic E-state index is -0.503. The summed E-state index contributed by atoms with van der Waals surface area (Å²) in [5.41, 5.74) is -0.503. The summed E-state index contributed by atoms with van der Waals surface area (Å²) < 4.78 is 4.85. The molecule has 1 aliphatic rings. The molecule has 3 heteroatoms. The zero-order valence-corrected chi connectivity index (χ0v) is 10.4. The number of hydrogen-bond donors (Lipinski definition) is 0. The summed E-state index contributed by atoms with van der Waals surface area (Å²) in [6.45, 7) is 3.88. The summed E-state index contributed by atoms with van der Waals surface area (Å²) in [6, 6.07) is 0.535. The van der Waals surface area contributed by atoms with Crippen LogP contribution in [0, 0.1) is 0 Å². The zero-order valence-electron chi connectivity index (χ0n) is 10.4. The lowest BCUT2D eigenvalue weighted by Crippen LogP contribution is -2.53. The molecule has 1 aliphatic carbocycles. The van der Waals surface area contributed by atoms with Gasteiger partial charge in [-0.25, -0.2) is 0 Å². The predicted molar refractivity (Wildman–Crippen MR) is 60.7 cm³/mol. The highest BCUT2D eigenvalue weighted by atomic mass is 16.5. The van der Waals surface area contributed by atoms with E-state index < -0.39 is 5.54 Å². The Bertz CT molecular complexity index is 220. The number of nitrogens with zero attached hydrogens (tertiary/aromatic N) is 1. The largest absolute Gasteiger partial charge is 0.468 e. The Balaban J connectivity index is 2.64. The van der Waals surface area contributed by atoms with Crippen LogP contribution in [0.5, 0.6) is 0 Å². The lowest BCUT2D eigenvalue weighted by molar-refractivity contribution is -0.154. The van der Waals surface area contributed by atoms with E-state index in [0.29, 0.717) is 6.04 Å². The van der Waals surface area contributed by atoms with E-state index in [1.165, 1.54) is 39.2 Å². The molecule has 0 bridgehead atoms. The van der Waals surface area contributed by atoms with Gasteiger partial charge in [0.05, 0.1) is 7.11 Å². The van der Waals surface area contributed by atoms with Crippen molar-refractivity contribution in [3.05, 3.63) is 0 Å². The number of carbonyl (C=O) groups is 1. The second-order valence-electron chi connectivity index (χ2n) is 4.95. The summed E-state index contributed by atoms with van der Waals surface area (Å²) in [6.07, 6.45) is 6.31. The fourth-order valence-corrected chi connectivity index (χ4v) is 2.32. The maximum Gasteiger partial charge on any atom is 0.325 e. The molecule has 0 amide bonds. The van der Waals surface area contributed by atoms with E-state index >= 15 is 0 Å². The van der Waals surface area contributed by atoms with Gasteiger partial charge in [-0.15, -0.1) is 0 Å². The fourth-order valence-electron chi connectivity index (χ4n) is 2.32. The monoisotopic (exact) mass is 213 g/mol. The van der Waals surface area contributed by atoms with Crippen molar-refractivity contribution in [1.82, 2.24) is 4.90 Å². The van der Waals surface area contributed by atoms with E-state index in [0.717, 1.165) is 0 Å². The summed E-state index contributed by atoms with van der Waals surface area (Å²) >= 11 is 0. The van der Waals surface area contributed by atoms with Gasteiger partial charge in [0.2, 0.25) is 0 Å². The van der Waals surface area contributed by atoms with Gasteiger partial charge in [-0.2, -0.15) is 0 Å². The molecule has 15 heavy (non-hydrogen) atoms. The predicted octanol–water partition coefficient (Wildman–Crippen LogP) is 2.20. The standard InChI is InChI=1S/C12H23NO2/c1-12(2,11(14)15-4)13(3)10-8-6-5-7-9-10/h10H,5-9H2,1-4H3. The van der Waals surface area contributed by atoms with E-state index in [-0.39, 0.29) is 5.97 Å². The number of rotatable bonds is 3. The van der Waals surface area contributed by atoms with Gasteiger partial charge in [-0.1, -0.05) is 19.3 Å². The van der Waals surface area contributed by atoms with Gasteiger partial charge in [-0.05, 0) is 33.7 Å². The highest BCUT2D eigenvalue weighted by molar-refractivity contribution is 5.79. The van der Waals surface area contributed by atoms with Gasteiger partial charge in [0, 0.05) is 6.04 Å². The van der Waals surface area contributed by atoms with Crippen molar-refractivity contribution in [2.24, 2.45) is 0 Å². The Morgan fingerprint density at radius 2 is 1.80 bits per heavy atom. The Kier molecular flexibility index (Phi) is 4.14. The number of hydrogen-bond acceptors (Lipinski definition) is 3. The van der Waals surface area contributed by atoms with Crippen LogP contribution >= 0.6 is 0 Å². The molecular formula is C12H23NO2. The zero-order chi connectivity index (χ0) is 11.5. The normalized spacial score (nSPS) is 19.3. The first-order valence-electron chi connectivity index (χ1n) is 5.81. The van der Waals surface area contributed by atoms with E-state index in [2.05, 4.69) is 4.90 Å². The first kappa shape index (κ1) is 12.5. The molecule has 1 fully saturated rings. The quantitative estimate of drug-likeness (QED) is 0.673. The summed E-state index contributed by atoms with van der Waals surface area (Å²) in [7, 11) is 3.49. The second-order valence-corrected chi connectivity index (χ2v) is 4.95. The van der Waals surface area contributed by atoms with Crippen LogP contribution in [0.2, 0.25) is 0 Å². The smallest absolute Gasteiger partial charge is 0.325 e. The fraction of sp³-hybridized carbons (Fsp3) is 0.917. The van der Waals surface area contributed by atoms with Gasteiger partial charge in [0.1, 0.15) is 5.54 Å². The maximum atomic E-state index is 11.7. The molecule has 1 saturated carbocycles. The molecule has 3 nitrogen and oxygen atoms in total. The molecule has 0 aromatic heterocycles. The lowest BCUT2D eigenvalue weighted by atomic mass is 9.91. The van der Waals surface area contributed by atoms with Crippen LogP contribution in [0.3, 0.4) is 0 Å². The summed E-state index contributed by atoms with van der Waals surface area (Å²) in [5, 5.41) is 0. The second kappa shape index (κ2) is 4.97. The number of ether oxygens (including phenoxy) is 1. The van der Waals surface area contributed by atoms with Crippen molar-refractivity contribution >= 4 is 5.97 Å².